The minimum Gasteiger partial charge on any atom is -0.448 e. The number of morpholine rings is 1. The van der Waals surface area contributed by atoms with Crippen molar-refractivity contribution in [3.05, 3.63) is 125 Å². The maximum atomic E-state index is 14.4. The molecule has 1 saturated heterocycles. The zero-order chi connectivity index (χ0) is 45.5. The Balaban J connectivity index is 1.04. The minimum atomic E-state index is -4.58. The van der Waals surface area contributed by atoms with Crippen LogP contribution in [-0.2, 0) is 41.1 Å². The van der Waals surface area contributed by atoms with E-state index in [1.54, 1.807) is 19.1 Å². The quantitative estimate of drug-likeness (QED) is 0.147. The topological polar surface area (TPSA) is 182 Å². The summed E-state index contributed by atoms with van der Waals surface area (Å²) in [6.45, 7) is 5.62. The number of rotatable bonds is 11. The molecule has 0 bridgehead atoms. The van der Waals surface area contributed by atoms with Gasteiger partial charge in [-0.25, -0.2) is 26.8 Å². The van der Waals surface area contributed by atoms with Crippen molar-refractivity contribution in [1.82, 2.24) is 19.0 Å². The molecule has 0 radical (unpaired) electrons. The van der Waals surface area contributed by atoms with Gasteiger partial charge in [0.2, 0.25) is 15.9 Å². The molecule has 2 N–H and O–H groups in total. The molecule has 3 aliphatic rings. The fourth-order valence-electron chi connectivity index (χ4n) is 8.39. The number of fused-ring (bicyclic) bond motifs is 4. The Kier molecular flexibility index (Phi) is 12.0. The highest BCUT2D eigenvalue weighted by molar-refractivity contribution is 7.89. The van der Waals surface area contributed by atoms with Gasteiger partial charge in [-0.2, -0.15) is 9.40 Å². The first-order chi connectivity index (χ1) is 30.6. The van der Waals surface area contributed by atoms with E-state index >= 15 is 0 Å². The summed E-state index contributed by atoms with van der Waals surface area (Å²) in [6.07, 6.45) is -1.71. The highest BCUT2D eigenvalue weighted by Crippen LogP contribution is 2.46. The van der Waals surface area contributed by atoms with Gasteiger partial charge in [0.1, 0.15) is 30.6 Å². The number of carbonyl (C=O) groups excluding carboxylic acids is 4. The molecule has 1 fully saturated rings. The number of carbonyl (C=O) groups is 4. The van der Waals surface area contributed by atoms with Gasteiger partial charge < -0.3 is 34.6 Å². The summed E-state index contributed by atoms with van der Waals surface area (Å²) in [4.78, 5) is 57.2. The molecule has 1 aromatic heterocycles. The lowest BCUT2D eigenvalue weighted by Gasteiger charge is -2.30. The Morgan fingerprint density at radius 1 is 0.891 bits per heavy atom. The van der Waals surface area contributed by atoms with Crippen LogP contribution in [0.3, 0.4) is 0 Å². The predicted octanol–water partition coefficient (Wildman–Crippen LogP) is 6.51. The van der Waals surface area contributed by atoms with Crippen LogP contribution >= 0.6 is 0 Å². The zero-order valence-electron chi connectivity index (χ0n) is 35.4. The van der Waals surface area contributed by atoms with Crippen LogP contribution in [-0.4, -0.2) is 105 Å². The van der Waals surface area contributed by atoms with Gasteiger partial charge in [0, 0.05) is 49.9 Å². The average Bonchev–Trinajstić information content (AvgIpc) is 3.89. The second-order valence-electron chi connectivity index (χ2n) is 16.0. The Bertz CT molecular complexity index is 2730. The molecule has 1 aliphatic carbocycles. The molecule has 19 heteroatoms. The number of hydrogen-bond donors (Lipinski definition) is 2. The van der Waals surface area contributed by atoms with Gasteiger partial charge in [-0.1, -0.05) is 48.5 Å². The molecule has 0 spiro atoms. The van der Waals surface area contributed by atoms with E-state index in [0.717, 1.165) is 36.1 Å². The summed E-state index contributed by atoms with van der Waals surface area (Å²) in [5.41, 5.74) is 3.56. The molecule has 3 heterocycles. The van der Waals surface area contributed by atoms with E-state index in [1.807, 2.05) is 53.4 Å². The lowest BCUT2D eigenvalue weighted by Crippen LogP contribution is -2.41. The zero-order valence-corrected chi connectivity index (χ0v) is 36.2. The van der Waals surface area contributed by atoms with Crippen molar-refractivity contribution in [1.29, 1.82) is 0 Å². The Hall–Kier alpha value is -6.70. The predicted molar refractivity (Wildman–Crippen MR) is 231 cm³/mol. The molecule has 4 aromatic carbocycles. The van der Waals surface area contributed by atoms with Crippen molar-refractivity contribution in [2.75, 3.05) is 68.6 Å². The number of anilines is 3. The Morgan fingerprint density at radius 3 is 2.17 bits per heavy atom. The lowest BCUT2D eigenvalue weighted by molar-refractivity contribution is -0.116. The second-order valence-corrected chi connectivity index (χ2v) is 17.8. The maximum absolute atomic E-state index is 14.4. The van der Waals surface area contributed by atoms with Gasteiger partial charge in [0.05, 0.1) is 47.2 Å². The van der Waals surface area contributed by atoms with Crippen LogP contribution in [0, 0.1) is 11.6 Å². The number of likely N-dealkylation sites (N-methyl/N-ethyl adjacent to an activating group) is 1. The summed E-state index contributed by atoms with van der Waals surface area (Å²) >= 11 is 0. The van der Waals surface area contributed by atoms with Crippen molar-refractivity contribution >= 4 is 51.2 Å². The Morgan fingerprint density at radius 2 is 1.53 bits per heavy atom. The van der Waals surface area contributed by atoms with Crippen molar-refractivity contribution in [3.63, 3.8) is 0 Å². The van der Waals surface area contributed by atoms with Crippen LogP contribution in [0.2, 0.25) is 0 Å². The number of hydrogen-bond acceptors (Lipinski definition) is 11. The van der Waals surface area contributed by atoms with Gasteiger partial charge in [0.25, 0.3) is 5.91 Å². The standard InChI is InChI=1S/C45H45F2N7O9S/c1-5-62-44(58)54-41(36-24-53(45(2,3)40(36)50-54)64(59,60)30-21-27(46)20-28(47)22-30)49-42(56)35-15-14-29(52-16-18-61-19-17-52)23-38(35)48-39(55)25-51(4)43(57)63-26-37-33-12-8-6-10-31(33)32-11-7-9-13-34(32)37/h6-15,20-23,37H,5,16-19,24-26H2,1-4H3,(H,48,55)(H,49,56). The van der Waals surface area contributed by atoms with Crippen molar-refractivity contribution < 1.29 is 50.6 Å². The number of nitrogens with one attached hydrogen (secondary N) is 2. The van der Waals surface area contributed by atoms with E-state index in [2.05, 4.69) is 15.7 Å². The number of halogens is 2. The normalized spacial score (nSPS) is 15.5. The molecule has 64 heavy (non-hydrogen) atoms. The van der Waals surface area contributed by atoms with E-state index in [9.17, 15) is 36.4 Å². The van der Waals surface area contributed by atoms with Crippen molar-refractivity contribution in [2.45, 2.75) is 43.7 Å². The van der Waals surface area contributed by atoms with Crippen LogP contribution in [0.4, 0.5) is 35.6 Å². The number of nitrogens with zero attached hydrogens (tertiary/aromatic N) is 5. The van der Waals surface area contributed by atoms with E-state index in [1.165, 1.54) is 27.0 Å². The van der Waals surface area contributed by atoms with Crippen LogP contribution in [0.25, 0.3) is 11.1 Å². The van der Waals surface area contributed by atoms with Crippen molar-refractivity contribution in [3.8, 4) is 11.1 Å². The highest BCUT2D eigenvalue weighted by Gasteiger charge is 2.50. The van der Waals surface area contributed by atoms with Gasteiger partial charge >= 0.3 is 12.2 Å². The molecule has 8 rings (SSSR count). The van der Waals surface area contributed by atoms with Crippen LogP contribution in [0.5, 0.6) is 0 Å². The highest BCUT2D eigenvalue weighted by atomic mass is 32.2. The fourth-order valence-corrected chi connectivity index (χ4v) is 10.2. The van der Waals surface area contributed by atoms with Gasteiger partial charge in [0.15, 0.2) is 0 Å². The molecule has 0 unspecified atom stereocenters. The smallest absolute Gasteiger partial charge is 0.436 e. The first-order valence-electron chi connectivity index (χ1n) is 20.5. The average molecular weight is 898 g/mol. The van der Waals surface area contributed by atoms with Crippen LogP contribution < -0.4 is 15.5 Å². The minimum absolute atomic E-state index is 0.0427. The molecular formula is C45H45F2N7O9S. The first kappa shape index (κ1) is 43.9. The van der Waals surface area contributed by atoms with E-state index in [-0.39, 0.29) is 47.5 Å². The monoisotopic (exact) mass is 897 g/mol. The molecular weight excluding hydrogens is 853 g/mol. The molecule has 5 aromatic rings. The van der Waals surface area contributed by atoms with Gasteiger partial charge in [-0.15, -0.1) is 4.68 Å². The Labute approximate surface area is 367 Å². The molecule has 0 atom stereocenters. The third kappa shape index (κ3) is 8.28. The molecule has 3 amide bonds. The number of amides is 3. The third-order valence-corrected chi connectivity index (χ3v) is 13.5. The number of benzene rings is 4. The second kappa shape index (κ2) is 17.5. The van der Waals surface area contributed by atoms with E-state index in [0.29, 0.717) is 50.2 Å². The van der Waals surface area contributed by atoms with E-state index in [4.69, 9.17) is 14.2 Å². The summed E-state index contributed by atoms with van der Waals surface area (Å²) < 4.78 is 74.5. The summed E-state index contributed by atoms with van der Waals surface area (Å²) in [5.74, 6) is -4.09. The number of ether oxygens (including phenoxy) is 3. The molecule has 334 valence electrons. The van der Waals surface area contributed by atoms with Crippen LogP contribution in [0.1, 0.15) is 59.4 Å². The summed E-state index contributed by atoms with van der Waals surface area (Å²) in [6, 6.07) is 22.5. The largest absolute Gasteiger partial charge is 0.448 e. The number of aromatic nitrogens is 2. The van der Waals surface area contributed by atoms with E-state index < -0.39 is 69.2 Å². The first-order valence-corrected chi connectivity index (χ1v) is 21.9. The fraction of sp³-hybridized carbons (Fsp3) is 0.311. The maximum Gasteiger partial charge on any atom is 0.436 e. The molecule has 0 saturated carbocycles. The van der Waals surface area contributed by atoms with Crippen LogP contribution in [0.15, 0.2) is 89.8 Å². The summed E-state index contributed by atoms with van der Waals surface area (Å²) in [5, 5.41) is 9.85. The summed E-state index contributed by atoms with van der Waals surface area (Å²) in [7, 11) is -3.16. The third-order valence-electron chi connectivity index (χ3n) is 11.5. The number of sulfonamides is 1. The van der Waals surface area contributed by atoms with Gasteiger partial charge in [-0.05, 0) is 73.4 Å². The van der Waals surface area contributed by atoms with Crippen molar-refractivity contribution in [2.24, 2.45) is 0 Å². The van der Waals surface area contributed by atoms with Gasteiger partial charge in [-0.3, -0.25) is 9.59 Å². The lowest BCUT2D eigenvalue weighted by atomic mass is 9.98. The molecule has 2 aliphatic heterocycles. The molecule has 16 nitrogen and oxygen atoms in total. The SMILES string of the molecule is CCOC(=O)n1nc2c(c1NC(=O)c1ccc(N3CCOCC3)cc1NC(=O)CN(C)C(=O)OCC1c3ccccc3-c3ccccc31)CN(S(=O)(=O)c1cc(F)cc(F)c1)C2(C)C.